The molecule has 7 nitrogen and oxygen atoms in total. The number of fused-ring (bicyclic) bond motifs is 1. The van der Waals surface area contributed by atoms with Crippen LogP contribution in [0.3, 0.4) is 0 Å². The molecule has 0 radical (unpaired) electrons. The number of rotatable bonds is 3. The number of carbonyl (C=O) groups is 2. The predicted molar refractivity (Wildman–Crippen MR) is 123 cm³/mol. The lowest BCUT2D eigenvalue weighted by Crippen LogP contribution is -2.30. The summed E-state index contributed by atoms with van der Waals surface area (Å²) in [6.07, 6.45) is 3.17. The van der Waals surface area contributed by atoms with Crippen LogP contribution in [0.2, 0.25) is 5.02 Å². The molecule has 1 N–H and O–H groups in total. The van der Waals surface area contributed by atoms with Gasteiger partial charge in [-0.1, -0.05) is 23.7 Å². The molecule has 1 amide bonds. The number of ketones is 1. The van der Waals surface area contributed by atoms with Crippen LogP contribution in [0.25, 0.3) is 5.76 Å². The lowest BCUT2D eigenvalue weighted by molar-refractivity contribution is -0.132. The normalized spacial score (nSPS) is 19.1. The molecule has 33 heavy (non-hydrogen) atoms. The molecule has 1 atom stereocenters. The van der Waals surface area contributed by atoms with E-state index in [1.54, 1.807) is 67.8 Å². The van der Waals surface area contributed by atoms with Gasteiger partial charge in [0.2, 0.25) is 0 Å². The number of anilines is 1. The van der Waals surface area contributed by atoms with Gasteiger partial charge in [0.05, 0.1) is 11.6 Å². The highest BCUT2D eigenvalue weighted by Crippen LogP contribution is 2.44. The fraction of sp³-hybridized carbons (Fsp3) is 0.160. The van der Waals surface area contributed by atoms with Crippen molar-refractivity contribution in [3.05, 3.63) is 88.2 Å². The van der Waals surface area contributed by atoms with Crippen molar-refractivity contribution in [3.63, 3.8) is 0 Å². The standard InChI is InChI=1S/C25H19ClN2O5/c1-14-17(26)5-2-6-18(14)28-22(16-4-3-9-27-13-16)21(24(30)25(28)31)23(29)15-7-8-19-20(12-15)33-11-10-32-19/h2-9,12-13,22,29H,10-11H2,1H3/b23-21-. The maximum Gasteiger partial charge on any atom is 0.300 e. The van der Waals surface area contributed by atoms with E-state index in [0.717, 1.165) is 0 Å². The fourth-order valence-electron chi connectivity index (χ4n) is 4.14. The van der Waals surface area contributed by atoms with Crippen LogP contribution in [-0.4, -0.2) is 35.0 Å². The van der Waals surface area contributed by atoms with Crippen LogP contribution < -0.4 is 14.4 Å². The van der Waals surface area contributed by atoms with Crippen molar-refractivity contribution < 1.29 is 24.2 Å². The zero-order chi connectivity index (χ0) is 23.1. The van der Waals surface area contributed by atoms with Crippen LogP contribution >= 0.6 is 11.6 Å². The highest BCUT2D eigenvalue weighted by Gasteiger charge is 2.47. The Morgan fingerprint density at radius 2 is 1.88 bits per heavy atom. The molecule has 2 aromatic carbocycles. The fourth-order valence-corrected chi connectivity index (χ4v) is 4.31. The number of hydrogen-bond donors (Lipinski definition) is 1. The van der Waals surface area contributed by atoms with E-state index in [-0.39, 0.29) is 11.3 Å². The second-order valence-electron chi connectivity index (χ2n) is 7.70. The minimum absolute atomic E-state index is 0.0379. The first-order valence-corrected chi connectivity index (χ1v) is 10.7. The molecule has 3 aromatic rings. The number of hydrogen-bond acceptors (Lipinski definition) is 6. The number of amides is 1. The Labute approximate surface area is 194 Å². The van der Waals surface area contributed by atoms with E-state index in [9.17, 15) is 14.7 Å². The number of pyridine rings is 1. The molecule has 2 aliphatic heterocycles. The van der Waals surface area contributed by atoms with Gasteiger partial charge in [0.25, 0.3) is 11.7 Å². The number of ether oxygens (including phenoxy) is 2. The highest BCUT2D eigenvalue weighted by atomic mass is 35.5. The van der Waals surface area contributed by atoms with Gasteiger partial charge in [-0.05, 0) is 54.4 Å². The van der Waals surface area contributed by atoms with E-state index >= 15 is 0 Å². The van der Waals surface area contributed by atoms with Gasteiger partial charge in [-0.3, -0.25) is 19.5 Å². The van der Waals surface area contributed by atoms with Gasteiger partial charge in [-0.2, -0.15) is 0 Å². The molecule has 0 saturated carbocycles. The summed E-state index contributed by atoms with van der Waals surface area (Å²) in [6.45, 7) is 2.59. The topological polar surface area (TPSA) is 89.0 Å². The number of aromatic nitrogens is 1. The van der Waals surface area contributed by atoms with Crippen molar-refractivity contribution in [2.75, 3.05) is 18.1 Å². The lowest BCUT2D eigenvalue weighted by Gasteiger charge is -2.27. The van der Waals surface area contributed by atoms with Crippen LogP contribution in [0, 0.1) is 6.92 Å². The van der Waals surface area contributed by atoms with Gasteiger partial charge in [-0.15, -0.1) is 0 Å². The Hall–Kier alpha value is -3.84. The number of halogens is 1. The summed E-state index contributed by atoms with van der Waals surface area (Å²) in [5, 5.41) is 11.7. The molecule has 0 spiro atoms. The Bertz CT molecular complexity index is 1310. The third-order valence-electron chi connectivity index (χ3n) is 5.76. The van der Waals surface area contributed by atoms with Crippen molar-refractivity contribution in [1.82, 2.24) is 4.98 Å². The molecule has 0 aliphatic carbocycles. The zero-order valence-corrected chi connectivity index (χ0v) is 18.4. The van der Waals surface area contributed by atoms with Crippen LogP contribution in [0.1, 0.15) is 22.7 Å². The summed E-state index contributed by atoms with van der Waals surface area (Å²) in [5.41, 5.74) is 2.02. The summed E-state index contributed by atoms with van der Waals surface area (Å²) in [6, 6.07) is 12.6. The Morgan fingerprint density at radius 3 is 2.64 bits per heavy atom. The van der Waals surface area contributed by atoms with Crippen molar-refractivity contribution in [2.24, 2.45) is 0 Å². The maximum atomic E-state index is 13.3. The first kappa shape index (κ1) is 21.0. The predicted octanol–water partition coefficient (Wildman–Crippen LogP) is 4.44. The quantitative estimate of drug-likeness (QED) is 0.351. The monoisotopic (exact) mass is 462 g/mol. The summed E-state index contributed by atoms with van der Waals surface area (Å²) in [4.78, 5) is 32.0. The van der Waals surface area contributed by atoms with E-state index in [1.807, 2.05) is 0 Å². The molecule has 5 rings (SSSR count). The minimum atomic E-state index is -0.885. The molecular weight excluding hydrogens is 444 g/mol. The molecule has 1 saturated heterocycles. The Kier molecular flexibility index (Phi) is 5.26. The van der Waals surface area contributed by atoms with Gasteiger partial charge >= 0.3 is 0 Å². The SMILES string of the molecule is Cc1c(Cl)cccc1N1C(=O)C(=O)/C(=C(\O)c2ccc3c(c2)OCCO3)C1c1cccnc1. The average molecular weight is 463 g/mol. The van der Waals surface area contributed by atoms with Gasteiger partial charge < -0.3 is 14.6 Å². The minimum Gasteiger partial charge on any atom is -0.507 e. The summed E-state index contributed by atoms with van der Waals surface area (Å²) >= 11 is 6.31. The summed E-state index contributed by atoms with van der Waals surface area (Å²) < 4.78 is 11.1. The Balaban J connectivity index is 1.71. The van der Waals surface area contributed by atoms with Crippen LogP contribution in [0.15, 0.2) is 66.5 Å². The third kappa shape index (κ3) is 3.50. The molecule has 1 unspecified atom stereocenters. The number of aliphatic hydroxyl groups excluding tert-OH is 1. The van der Waals surface area contributed by atoms with Gasteiger partial charge in [-0.25, -0.2) is 0 Å². The number of nitrogens with zero attached hydrogens (tertiary/aromatic N) is 2. The van der Waals surface area contributed by atoms with E-state index < -0.39 is 17.7 Å². The van der Waals surface area contributed by atoms with E-state index in [1.165, 1.54) is 4.90 Å². The lowest BCUT2D eigenvalue weighted by atomic mass is 9.95. The number of benzene rings is 2. The summed E-state index contributed by atoms with van der Waals surface area (Å²) in [7, 11) is 0. The number of carbonyl (C=O) groups excluding carboxylic acids is 2. The largest absolute Gasteiger partial charge is 0.507 e. The molecule has 0 bridgehead atoms. The van der Waals surface area contributed by atoms with Crippen molar-refractivity contribution in [1.29, 1.82) is 0 Å². The number of Topliss-reactive ketones (excluding diaryl/α,β-unsaturated/α-hetero) is 1. The molecule has 166 valence electrons. The molecule has 1 fully saturated rings. The van der Waals surface area contributed by atoms with Crippen molar-refractivity contribution >= 4 is 34.7 Å². The van der Waals surface area contributed by atoms with Gasteiger partial charge in [0, 0.05) is 28.7 Å². The second kappa shape index (κ2) is 8.26. The highest BCUT2D eigenvalue weighted by molar-refractivity contribution is 6.52. The van der Waals surface area contributed by atoms with Crippen LogP contribution in [0.5, 0.6) is 11.5 Å². The zero-order valence-electron chi connectivity index (χ0n) is 17.6. The van der Waals surface area contributed by atoms with E-state index in [4.69, 9.17) is 21.1 Å². The van der Waals surface area contributed by atoms with Crippen molar-refractivity contribution in [3.8, 4) is 11.5 Å². The third-order valence-corrected chi connectivity index (χ3v) is 6.17. The van der Waals surface area contributed by atoms with Crippen molar-refractivity contribution in [2.45, 2.75) is 13.0 Å². The van der Waals surface area contributed by atoms with Crippen LogP contribution in [0.4, 0.5) is 5.69 Å². The van der Waals surface area contributed by atoms with Gasteiger partial charge in [0.15, 0.2) is 11.5 Å². The molecule has 2 aliphatic rings. The smallest absolute Gasteiger partial charge is 0.300 e. The van der Waals surface area contributed by atoms with Gasteiger partial charge in [0.1, 0.15) is 19.0 Å². The number of aliphatic hydroxyl groups is 1. The molecular formula is C25H19ClN2O5. The first-order chi connectivity index (χ1) is 16.0. The second-order valence-corrected chi connectivity index (χ2v) is 8.11. The summed E-state index contributed by atoms with van der Waals surface area (Å²) in [5.74, 6) is -0.843. The molecule has 8 heteroatoms. The first-order valence-electron chi connectivity index (χ1n) is 10.3. The van der Waals surface area contributed by atoms with E-state index in [0.29, 0.717) is 52.1 Å². The maximum absolute atomic E-state index is 13.3. The molecule has 3 heterocycles. The molecule has 1 aromatic heterocycles. The average Bonchev–Trinajstić information content (AvgIpc) is 3.11. The van der Waals surface area contributed by atoms with E-state index in [2.05, 4.69) is 4.98 Å². The van der Waals surface area contributed by atoms with Crippen LogP contribution in [-0.2, 0) is 9.59 Å². The Morgan fingerprint density at radius 1 is 1.09 bits per heavy atom.